The van der Waals surface area contributed by atoms with E-state index in [1.165, 1.54) is 19.3 Å². The van der Waals surface area contributed by atoms with E-state index in [1.54, 1.807) is 0 Å². The minimum absolute atomic E-state index is 0. The third kappa shape index (κ3) is 0.504. The Kier molecular flexibility index (Phi) is 0.738. The van der Waals surface area contributed by atoms with Crippen LogP contribution in [0.1, 0.15) is 20.7 Å². The van der Waals surface area contributed by atoms with E-state index >= 15 is 0 Å². The van der Waals surface area contributed by atoms with Gasteiger partial charge in [-0.05, 0) is 19.3 Å². The summed E-state index contributed by atoms with van der Waals surface area (Å²) < 4.78 is 0. The fourth-order valence-corrected chi connectivity index (χ4v) is 0.589. The number of hydrogen-bond acceptors (Lipinski definition) is 0. The summed E-state index contributed by atoms with van der Waals surface area (Å²) in [6.45, 7) is 0. The van der Waals surface area contributed by atoms with Crippen molar-refractivity contribution in [2.24, 2.45) is 0 Å². The van der Waals surface area contributed by atoms with Gasteiger partial charge in [-0.3, -0.25) is 0 Å². The van der Waals surface area contributed by atoms with Crippen LogP contribution in [0.2, 0.25) is 0 Å². The molecular weight excluding hydrogens is 60.1 g/mol. The molecular formula is C5H9+. The molecule has 1 aliphatic rings. The molecule has 0 heterocycles. The van der Waals surface area contributed by atoms with Gasteiger partial charge in [-0.15, -0.1) is 0 Å². The predicted molar refractivity (Wildman–Crippen MR) is 24.1 cm³/mol. The lowest BCUT2D eigenvalue weighted by molar-refractivity contribution is 0.929. The molecule has 0 atom stereocenters. The van der Waals surface area contributed by atoms with E-state index < -0.39 is 0 Å². The van der Waals surface area contributed by atoms with Crippen molar-refractivity contribution in [3.63, 3.8) is 0 Å². The van der Waals surface area contributed by atoms with Crippen LogP contribution in [0.4, 0.5) is 0 Å². The Bertz CT molecular complexity index is 41.9. The van der Waals surface area contributed by atoms with Crippen molar-refractivity contribution in [2.45, 2.75) is 19.3 Å². The Balaban J connectivity index is 0.000000250. The van der Waals surface area contributed by atoms with Crippen molar-refractivity contribution >= 4 is 0 Å². The average molecular weight is 69.1 g/mol. The van der Waals surface area contributed by atoms with Gasteiger partial charge in [-0.2, -0.15) is 0 Å². The summed E-state index contributed by atoms with van der Waals surface area (Å²) in [7, 11) is 0. The highest BCUT2D eigenvalue weighted by Crippen LogP contribution is 2.05. The quantitative estimate of drug-likeness (QED) is 0.381. The van der Waals surface area contributed by atoms with Crippen molar-refractivity contribution in [2.75, 3.05) is 0 Å². The smallest absolute Gasteiger partial charge is 0.0885 e. The van der Waals surface area contributed by atoms with Crippen LogP contribution in [0.3, 0.4) is 0 Å². The van der Waals surface area contributed by atoms with Gasteiger partial charge in [0, 0.05) is 0 Å². The lowest BCUT2D eigenvalue weighted by atomic mass is 10.4. The molecule has 0 aliphatic heterocycles. The van der Waals surface area contributed by atoms with Crippen molar-refractivity contribution in [3.8, 4) is 0 Å². The molecule has 0 aromatic heterocycles. The molecule has 0 heteroatoms. The third-order valence-corrected chi connectivity index (χ3v) is 0.908. The Morgan fingerprint density at radius 1 is 1.20 bits per heavy atom. The molecule has 0 spiro atoms. The Morgan fingerprint density at radius 2 is 1.80 bits per heavy atom. The summed E-state index contributed by atoms with van der Waals surface area (Å²) in [6, 6.07) is 0. The maximum atomic E-state index is 2.24. The first-order chi connectivity index (χ1) is 2.50. The average Bonchev–Trinajstić information content (AvgIpc) is 1.76. The van der Waals surface area contributed by atoms with Crippen molar-refractivity contribution in [1.82, 2.24) is 0 Å². The van der Waals surface area contributed by atoms with E-state index in [-0.39, 0.29) is 1.43 Å². The van der Waals surface area contributed by atoms with Gasteiger partial charge in [0.1, 0.15) is 0 Å². The molecule has 0 amide bonds. The molecule has 0 saturated heterocycles. The number of allylic oxidation sites excluding steroid dienone is 2. The Labute approximate surface area is 34.0 Å². The zero-order valence-corrected chi connectivity index (χ0v) is 3.28. The summed E-state index contributed by atoms with van der Waals surface area (Å²) in [6.07, 6.45) is 8.50. The molecule has 0 radical (unpaired) electrons. The van der Waals surface area contributed by atoms with Gasteiger partial charge in [0.05, 0.1) is 0 Å². The van der Waals surface area contributed by atoms with Gasteiger partial charge >= 0.3 is 1.43 Å². The highest BCUT2D eigenvalue weighted by molar-refractivity contribution is 4.88. The highest BCUT2D eigenvalue weighted by atomic mass is 13.9. The lowest BCUT2D eigenvalue weighted by Crippen LogP contribution is -1.50. The van der Waals surface area contributed by atoms with Gasteiger partial charge in [0.25, 0.3) is 0 Å². The summed E-state index contributed by atoms with van der Waals surface area (Å²) in [4.78, 5) is 0. The molecule has 0 nitrogen and oxygen atoms in total. The highest BCUT2D eigenvalue weighted by Gasteiger charge is 1.84. The van der Waals surface area contributed by atoms with Gasteiger partial charge < -0.3 is 0 Å². The summed E-state index contributed by atoms with van der Waals surface area (Å²) in [5.41, 5.74) is 0. The number of hydrogen-bond donors (Lipinski definition) is 0. The van der Waals surface area contributed by atoms with Gasteiger partial charge in [0.2, 0.25) is 0 Å². The van der Waals surface area contributed by atoms with Crippen LogP contribution in [-0.4, -0.2) is 0 Å². The molecule has 0 aromatic carbocycles. The standard InChI is InChI=1S/C5H8/c1-2-4-5-3-1/h1-2H,3-5H2/p+1. The molecule has 0 saturated carbocycles. The SMILES string of the molecule is C1=CCCC1.[H+]. The van der Waals surface area contributed by atoms with Crippen LogP contribution >= 0.6 is 0 Å². The monoisotopic (exact) mass is 69.1 g/mol. The molecule has 1 aliphatic carbocycles. The van der Waals surface area contributed by atoms with Crippen LogP contribution in [0, 0.1) is 0 Å². The Hall–Kier alpha value is -0.260. The molecule has 0 aromatic rings. The van der Waals surface area contributed by atoms with E-state index in [1.807, 2.05) is 0 Å². The lowest BCUT2D eigenvalue weighted by Gasteiger charge is -1.69. The van der Waals surface area contributed by atoms with Crippen molar-refractivity contribution in [1.29, 1.82) is 0 Å². The Morgan fingerprint density at radius 3 is 2.00 bits per heavy atom. The zero-order chi connectivity index (χ0) is 3.54. The minimum atomic E-state index is 0. The predicted octanol–water partition coefficient (Wildman–Crippen LogP) is 1.84. The maximum Gasteiger partial charge on any atom is 1.00 e. The fourth-order valence-electron chi connectivity index (χ4n) is 0.589. The van der Waals surface area contributed by atoms with Crippen molar-refractivity contribution in [3.05, 3.63) is 12.2 Å². The normalized spacial score (nSPS) is 20.8. The molecule has 0 unspecified atom stereocenters. The summed E-state index contributed by atoms with van der Waals surface area (Å²) >= 11 is 0. The molecule has 28 valence electrons. The second kappa shape index (κ2) is 1.25. The van der Waals surface area contributed by atoms with Crippen LogP contribution < -0.4 is 0 Å². The van der Waals surface area contributed by atoms with Crippen LogP contribution in [0.15, 0.2) is 12.2 Å². The minimum Gasteiger partial charge on any atom is -0.0885 e. The first kappa shape index (κ1) is 2.95. The first-order valence-electron chi connectivity index (χ1n) is 2.15. The first-order valence-corrected chi connectivity index (χ1v) is 2.15. The molecule has 0 bridgehead atoms. The fraction of sp³-hybridized carbons (Fsp3) is 0.600. The van der Waals surface area contributed by atoms with Gasteiger partial charge in [-0.25, -0.2) is 0 Å². The molecule has 5 heavy (non-hydrogen) atoms. The molecule has 0 fully saturated rings. The van der Waals surface area contributed by atoms with E-state index in [4.69, 9.17) is 0 Å². The summed E-state index contributed by atoms with van der Waals surface area (Å²) in [5, 5.41) is 0. The van der Waals surface area contributed by atoms with Crippen LogP contribution in [0.5, 0.6) is 0 Å². The maximum absolute atomic E-state index is 2.24. The van der Waals surface area contributed by atoms with E-state index in [2.05, 4.69) is 12.2 Å². The zero-order valence-electron chi connectivity index (χ0n) is 4.28. The summed E-state index contributed by atoms with van der Waals surface area (Å²) in [5.74, 6) is 0. The van der Waals surface area contributed by atoms with Crippen LogP contribution in [-0.2, 0) is 0 Å². The van der Waals surface area contributed by atoms with E-state index in [0.29, 0.717) is 0 Å². The third-order valence-electron chi connectivity index (χ3n) is 0.908. The van der Waals surface area contributed by atoms with Crippen LogP contribution in [0.25, 0.3) is 0 Å². The van der Waals surface area contributed by atoms with Gasteiger partial charge in [0.15, 0.2) is 0 Å². The molecule has 0 N–H and O–H groups in total. The topological polar surface area (TPSA) is 0 Å². The number of rotatable bonds is 0. The van der Waals surface area contributed by atoms with E-state index in [9.17, 15) is 0 Å². The largest absolute Gasteiger partial charge is 1.00 e. The molecule has 1 rings (SSSR count). The van der Waals surface area contributed by atoms with E-state index in [0.717, 1.165) is 0 Å². The second-order valence-corrected chi connectivity index (χ2v) is 1.40. The van der Waals surface area contributed by atoms with Crippen molar-refractivity contribution < 1.29 is 1.43 Å². The second-order valence-electron chi connectivity index (χ2n) is 1.40. The van der Waals surface area contributed by atoms with Gasteiger partial charge in [-0.1, -0.05) is 12.2 Å².